The van der Waals surface area contributed by atoms with Crippen molar-refractivity contribution in [1.82, 2.24) is 0 Å². The number of carbonyl (C=O) groups excluding carboxylic acids is 1. The zero-order valence-corrected chi connectivity index (χ0v) is 8.43. The van der Waals surface area contributed by atoms with Crippen LogP contribution < -0.4 is 5.73 Å². The number of nitrogens with zero attached hydrogens (tertiary/aromatic N) is 1. The Labute approximate surface area is 88.3 Å². The fraction of sp³-hybridized carbons (Fsp3) is 0.273. The molecule has 78 valence electrons. The van der Waals surface area contributed by atoms with Gasteiger partial charge in [-0.3, -0.25) is 4.79 Å². The second kappa shape index (κ2) is 5.13. The molecule has 0 aromatic heterocycles. The van der Waals surface area contributed by atoms with E-state index in [0.717, 1.165) is 0 Å². The van der Waals surface area contributed by atoms with Crippen LogP contribution in [-0.4, -0.2) is 19.6 Å². The lowest BCUT2D eigenvalue weighted by Crippen LogP contribution is -2.23. The molecule has 0 heterocycles. The van der Waals surface area contributed by atoms with Gasteiger partial charge in [-0.25, -0.2) is 0 Å². The van der Waals surface area contributed by atoms with Crippen molar-refractivity contribution in [3.05, 3.63) is 35.4 Å². The number of benzene rings is 1. The Morgan fingerprint density at radius 1 is 1.60 bits per heavy atom. The minimum Gasteiger partial charge on any atom is -0.469 e. The second-order valence-electron chi connectivity index (χ2n) is 3.01. The van der Waals surface area contributed by atoms with Crippen LogP contribution in [0.2, 0.25) is 0 Å². The molecule has 1 aromatic rings. The molecule has 1 aromatic carbocycles. The summed E-state index contributed by atoms with van der Waals surface area (Å²) < 4.78 is 4.63. The van der Waals surface area contributed by atoms with E-state index in [2.05, 4.69) is 4.74 Å². The molecular weight excluding hydrogens is 192 g/mol. The maximum atomic E-state index is 11.4. The maximum Gasteiger partial charge on any atom is 0.314 e. The number of esters is 1. The summed E-state index contributed by atoms with van der Waals surface area (Å²) in [4.78, 5) is 11.4. The predicted octanol–water partition coefficient (Wildman–Crippen LogP) is 0.774. The number of nitriles is 1. The third-order valence-electron chi connectivity index (χ3n) is 2.18. The van der Waals surface area contributed by atoms with Crippen molar-refractivity contribution in [2.75, 3.05) is 13.7 Å². The van der Waals surface area contributed by atoms with Crippen LogP contribution in [0.3, 0.4) is 0 Å². The molecule has 0 spiro atoms. The van der Waals surface area contributed by atoms with Crippen LogP contribution in [0.5, 0.6) is 0 Å². The van der Waals surface area contributed by atoms with Gasteiger partial charge in [0.15, 0.2) is 0 Å². The molecule has 4 nitrogen and oxygen atoms in total. The van der Waals surface area contributed by atoms with E-state index in [1.807, 2.05) is 6.07 Å². The maximum absolute atomic E-state index is 11.4. The third-order valence-corrected chi connectivity index (χ3v) is 2.18. The molecule has 0 amide bonds. The minimum absolute atomic E-state index is 0.130. The Bertz CT molecular complexity index is 396. The number of hydrogen-bond acceptors (Lipinski definition) is 4. The van der Waals surface area contributed by atoms with Gasteiger partial charge in [0.1, 0.15) is 0 Å². The fourth-order valence-electron chi connectivity index (χ4n) is 1.40. The predicted molar refractivity (Wildman–Crippen MR) is 55.0 cm³/mol. The van der Waals surface area contributed by atoms with Gasteiger partial charge in [-0.2, -0.15) is 5.26 Å². The third kappa shape index (κ3) is 2.33. The van der Waals surface area contributed by atoms with Crippen molar-refractivity contribution in [3.8, 4) is 6.07 Å². The van der Waals surface area contributed by atoms with E-state index in [-0.39, 0.29) is 6.54 Å². The summed E-state index contributed by atoms with van der Waals surface area (Å²) in [5.41, 5.74) is 6.57. The van der Waals surface area contributed by atoms with Crippen molar-refractivity contribution in [2.24, 2.45) is 5.73 Å². The highest BCUT2D eigenvalue weighted by atomic mass is 16.5. The first kappa shape index (κ1) is 11.2. The molecule has 15 heavy (non-hydrogen) atoms. The Morgan fingerprint density at radius 3 is 2.80 bits per heavy atom. The Kier molecular flexibility index (Phi) is 3.83. The summed E-state index contributed by atoms with van der Waals surface area (Å²) in [6, 6.07) is 8.90. The Hall–Kier alpha value is -1.86. The van der Waals surface area contributed by atoms with Gasteiger partial charge in [-0.15, -0.1) is 0 Å². The molecule has 0 radical (unpaired) electrons. The van der Waals surface area contributed by atoms with Crippen molar-refractivity contribution < 1.29 is 9.53 Å². The van der Waals surface area contributed by atoms with Crippen molar-refractivity contribution in [2.45, 2.75) is 5.92 Å². The topological polar surface area (TPSA) is 76.1 Å². The Morgan fingerprint density at radius 2 is 2.27 bits per heavy atom. The molecule has 1 atom stereocenters. The van der Waals surface area contributed by atoms with Crippen molar-refractivity contribution in [1.29, 1.82) is 5.26 Å². The first-order valence-corrected chi connectivity index (χ1v) is 4.51. The summed E-state index contributed by atoms with van der Waals surface area (Å²) in [7, 11) is 1.31. The number of rotatable bonds is 3. The highest BCUT2D eigenvalue weighted by molar-refractivity contribution is 5.79. The highest BCUT2D eigenvalue weighted by Crippen LogP contribution is 2.19. The summed E-state index contributed by atoms with van der Waals surface area (Å²) in [6.07, 6.45) is 0. The van der Waals surface area contributed by atoms with Crippen molar-refractivity contribution in [3.63, 3.8) is 0 Å². The molecule has 1 rings (SSSR count). The normalized spacial score (nSPS) is 11.5. The molecule has 0 aliphatic carbocycles. The van der Waals surface area contributed by atoms with Crippen LogP contribution >= 0.6 is 0 Å². The number of methoxy groups -OCH3 is 1. The first-order valence-electron chi connectivity index (χ1n) is 4.51. The number of nitrogens with two attached hydrogens (primary N) is 1. The van der Waals surface area contributed by atoms with Crippen LogP contribution in [-0.2, 0) is 9.53 Å². The summed E-state index contributed by atoms with van der Waals surface area (Å²) in [5, 5.41) is 8.87. The van der Waals surface area contributed by atoms with E-state index in [0.29, 0.717) is 11.1 Å². The molecule has 0 aliphatic heterocycles. The molecule has 0 aliphatic rings. The molecule has 4 heteroatoms. The average Bonchev–Trinajstić information content (AvgIpc) is 2.30. The monoisotopic (exact) mass is 204 g/mol. The zero-order chi connectivity index (χ0) is 11.3. The van der Waals surface area contributed by atoms with E-state index < -0.39 is 11.9 Å². The van der Waals surface area contributed by atoms with Crippen molar-refractivity contribution >= 4 is 5.97 Å². The average molecular weight is 204 g/mol. The minimum atomic E-state index is -0.564. The second-order valence-corrected chi connectivity index (χ2v) is 3.01. The SMILES string of the molecule is COC(=O)C(CN)c1ccccc1C#N. The van der Waals surface area contributed by atoms with E-state index >= 15 is 0 Å². The van der Waals surface area contributed by atoms with Gasteiger partial charge in [0, 0.05) is 6.54 Å². The van der Waals surface area contributed by atoms with Crippen LogP contribution in [0, 0.1) is 11.3 Å². The lowest BCUT2D eigenvalue weighted by atomic mass is 9.95. The van der Waals surface area contributed by atoms with E-state index in [4.69, 9.17) is 11.0 Å². The van der Waals surface area contributed by atoms with Gasteiger partial charge in [-0.05, 0) is 11.6 Å². The molecule has 1 unspecified atom stereocenters. The lowest BCUT2D eigenvalue weighted by Gasteiger charge is -2.13. The highest BCUT2D eigenvalue weighted by Gasteiger charge is 2.21. The van der Waals surface area contributed by atoms with Gasteiger partial charge >= 0.3 is 5.97 Å². The van der Waals surface area contributed by atoms with Gasteiger partial charge in [0.2, 0.25) is 0 Å². The lowest BCUT2D eigenvalue weighted by molar-refractivity contribution is -0.142. The molecular formula is C11H12N2O2. The smallest absolute Gasteiger partial charge is 0.314 e. The molecule has 2 N–H and O–H groups in total. The molecule has 0 saturated heterocycles. The number of carbonyl (C=O) groups is 1. The van der Waals surface area contributed by atoms with Gasteiger partial charge in [0.05, 0.1) is 24.7 Å². The first-order chi connectivity index (χ1) is 7.24. The molecule has 0 bridgehead atoms. The van der Waals surface area contributed by atoms with Crippen LogP contribution in [0.1, 0.15) is 17.0 Å². The fourth-order valence-corrected chi connectivity index (χ4v) is 1.40. The number of hydrogen-bond donors (Lipinski definition) is 1. The molecule has 0 saturated carbocycles. The Balaban J connectivity index is 3.13. The zero-order valence-electron chi connectivity index (χ0n) is 8.43. The van der Waals surface area contributed by atoms with Crippen LogP contribution in [0.15, 0.2) is 24.3 Å². The van der Waals surface area contributed by atoms with Gasteiger partial charge < -0.3 is 10.5 Å². The largest absolute Gasteiger partial charge is 0.469 e. The summed E-state index contributed by atoms with van der Waals surface area (Å²) in [6.45, 7) is 0.130. The van der Waals surface area contributed by atoms with E-state index in [1.165, 1.54) is 7.11 Å². The van der Waals surface area contributed by atoms with E-state index in [1.54, 1.807) is 24.3 Å². The van der Waals surface area contributed by atoms with Gasteiger partial charge in [-0.1, -0.05) is 18.2 Å². The summed E-state index contributed by atoms with van der Waals surface area (Å²) in [5.74, 6) is -0.981. The summed E-state index contributed by atoms with van der Waals surface area (Å²) >= 11 is 0. The van der Waals surface area contributed by atoms with Crippen LogP contribution in [0.25, 0.3) is 0 Å². The standard InChI is InChI=1S/C11H12N2O2/c1-15-11(14)10(7-13)9-5-3-2-4-8(9)6-12/h2-5,10H,7,13H2,1H3. The van der Waals surface area contributed by atoms with E-state index in [9.17, 15) is 4.79 Å². The van der Waals surface area contributed by atoms with Gasteiger partial charge in [0.25, 0.3) is 0 Å². The quantitative estimate of drug-likeness (QED) is 0.738. The molecule has 0 fully saturated rings. The van der Waals surface area contributed by atoms with Crippen LogP contribution in [0.4, 0.5) is 0 Å². The number of ether oxygens (including phenoxy) is 1.